The first-order valence-corrected chi connectivity index (χ1v) is 10.4. The molecule has 0 atom stereocenters. The number of rotatable bonds is 4. The lowest BCUT2D eigenvalue weighted by Crippen LogP contribution is -2.53. The lowest BCUT2D eigenvalue weighted by Gasteiger charge is -2.47. The number of hydrogen-bond donors (Lipinski definition) is 1. The third-order valence-corrected chi connectivity index (χ3v) is 6.30. The zero-order valence-corrected chi connectivity index (χ0v) is 16.7. The summed E-state index contributed by atoms with van der Waals surface area (Å²) in [6.45, 7) is 3.05. The fourth-order valence-electron chi connectivity index (χ4n) is 4.44. The average molecular weight is 393 g/mol. The first-order valence-electron chi connectivity index (χ1n) is 10.4. The minimum Gasteiger partial charge on any atom is -0.342 e. The van der Waals surface area contributed by atoms with Gasteiger partial charge in [-0.3, -0.25) is 9.78 Å². The molecule has 3 heterocycles. The summed E-state index contributed by atoms with van der Waals surface area (Å²) < 4.78 is 0. The summed E-state index contributed by atoms with van der Waals surface area (Å²) in [5, 5.41) is 2.97. The Morgan fingerprint density at radius 1 is 1.03 bits per heavy atom. The third kappa shape index (κ3) is 4.75. The monoisotopic (exact) mass is 392 g/mol. The number of likely N-dealkylation sites (tertiary alicyclic amines) is 2. The molecule has 1 N–H and O–H groups in total. The van der Waals surface area contributed by atoms with Crippen molar-refractivity contribution < 1.29 is 9.59 Å². The van der Waals surface area contributed by atoms with Gasteiger partial charge in [0.15, 0.2) is 0 Å². The van der Waals surface area contributed by atoms with Crippen LogP contribution >= 0.6 is 0 Å². The Labute approximate surface area is 171 Å². The van der Waals surface area contributed by atoms with E-state index in [1.807, 2.05) is 52.3 Å². The maximum atomic E-state index is 12.6. The number of amides is 3. The number of aromatic nitrogens is 1. The van der Waals surface area contributed by atoms with Crippen LogP contribution in [0.4, 0.5) is 10.5 Å². The van der Waals surface area contributed by atoms with Gasteiger partial charge in [-0.2, -0.15) is 0 Å². The Kier molecular flexibility index (Phi) is 5.79. The molecule has 4 rings (SSSR count). The molecule has 2 fully saturated rings. The zero-order chi connectivity index (χ0) is 20.1. The van der Waals surface area contributed by atoms with Crippen LogP contribution in [0.3, 0.4) is 0 Å². The van der Waals surface area contributed by atoms with Gasteiger partial charge in [0, 0.05) is 50.7 Å². The highest BCUT2D eigenvalue weighted by molar-refractivity contribution is 5.89. The van der Waals surface area contributed by atoms with Crippen molar-refractivity contribution in [2.75, 3.05) is 31.5 Å². The summed E-state index contributed by atoms with van der Waals surface area (Å²) in [5.41, 5.74) is 2.18. The predicted molar refractivity (Wildman–Crippen MR) is 112 cm³/mol. The number of benzene rings is 1. The van der Waals surface area contributed by atoms with E-state index in [0.717, 1.165) is 57.5 Å². The Bertz CT molecular complexity index is 832. The van der Waals surface area contributed by atoms with E-state index in [1.54, 1.807) is 12.4 Å². The van der Waals surface area contributed by atoms with Crippen LogP contribution in [0.2, 0.25) is 0 Å². The van der Waals surface area contributed by atoms with Crippen molar-refractivity contribution in [1.29, 1.82) is 0 Å². The second-order valence-corrected chi connectivity index (χ2v) is 8.20. The van der Waals surface area contributed by atoms with E-state index in [0.29, 0.717) is 6.42 Å². The van der Waals surface area contributed by atoms with Gasteiger partial charge in [0.1, 0.15) is 0 Å². The Morgan fingerprint density at radius 2 is 1.76 bits per heavy atom. The van der Waals surface area contributed by atoms with E-state index in [9.17, 15) is 9.59 Å². The standard InChI is InChI=1S/C23H28N4O2/c28-21-6-10-23(18-27(21)15-9-19-7-13-24-14-8-19)11-16-26(17-12-23)22(29)25-20-4-2-1-3-5-20/h1-5,7-8,13-14H,6,9-12,15-18H2,(H,25,29). The average Bonchev–Trinajstić information content (AvgIpc) is 2.76. The van der Waals surface area contributed by atoms with Crippen LogP contribution in [-0.4, -0.2) is 52.9 Å². The Hall–Kier alpha value is -2.89. The summed E-state index contributed by atoms with van der Waals surface area (Å²) in [5.74, 6) is 0.258. The number of pyridine rings is 1. The Morgan fingerprint density at radius 3 is 2.48 bits per heavy atom. The van der Waals surface area contributed by atoms with E-state index in [-0.39, 0.29) is 17.4 Å². The van der Waals surface area contributed by atoms with Gasteiger partial charge < -0.3 is 15.1 Å². The third-order valence-electron chi connectivity index (χ3n) is 6.30. The summed E-state index contributed by atoms with van der Waals surface area (Å²) in [7, 11) is 0. The molecule has 1 aromatic carbocycles. The minimum absolute atomic E-state index is 0.0347. The molecule has 6 nitrogen and oxygen atoms in total. The SMILES string of the molecule is O=C1CCC2(CCN(C(=O)Nc3ccccc3)CC2)CN1CCc1ccncc1. The van der Waals surface area contributed by atoms with E-state index in [4.69, 9.17) is 0 Å². The number of nitrogens with zero attached hydrogens (tertiary/aromatic N) is 3. The summed E-state index contributed by atoms with van der Waals surface area (Å²) in [6, 6.07) is 13.6. The van der Waals surface area contributed by atoms with Gasteiger partial charge in [0.2, 0.25) is 5.91 Å². The maximum Gasteiger partial charge on any atom is 0.321 e. The van der Waals surface area contributed by atoms with Crippen molar-refractivity contribution in [3.05, 3.63) is 60.4 Å². The molecule has 1 aromatic heterocycles. The first kappa shape index (κ1) is 19.4. The molecule has 2 aromatic rings. The highest BCUT2D eigenvalue weighted by Gasteiger charge is 2.41. The fourth-order valence-corrected chi connectivity index (χ4v) is 4.44. The zero-order valence-electron chi connectivity index (χ0n) is 16.7. The fraction of sp³-hybridized carbons (Fsp3) is 0.435. The van der Waals surface area contributed by atoms with Gasteiger partial charge in [0.05, 0.1) is 0 Å². The van der Waals surface area contributed by atoms with Crippen molar-refractivity contribution in [3.8, 4) is 0 Å². The van der Waals surface area contributed by atoms with Crippen molar-refractivity contribution in [2.45, 2.75) is 32.1 Å². The summed E-state index contributed by atoms with van der Waals surface area (Å²) in [4.78, 5) is 33.0. The molecule has 0 saturated carbocycles. The molecule has 152 valence electrons. The van der Waals surface area contributed by atoms with Crippen LogP contribution in [0.15, 0.2) is 54.9 Å². The minimum atomic E-state index is -0.0347. The molecule has 2 saturated heterocycles. The molecule has 0 bridgehead atoms. The summed E-state index contributed by atoms with van der Waals surface area (Å²) in [6.07, 6.45) is 7.91. The van der Waals surface area contributed by atoms with Crippen molar-refractivity contribution in [2.24, 2.45) is 5.41 Å². The quantitative estimate of drug-likeness (QED) is 0.865. The highest BCUT2D eigenvalue weighted by atomic mass is 16.2. The van der Waals surface area contributed by atoms with Gasteiger partial charge in [-0.05, 0) is 60.9 Å². The van der Waals surface area contributed by atoms with Crippen LogP contribution in [0, 0.1) is 5.41 Å². The van der Waals surface area contributed by atoms with Gasteiger partial charge in [-0.1, -0.05) is 18.2 Å². The lowest BCUT2D eigenvalue weighted by atomic mass is 9.72. The number of nitrogens with one attached hydrogen (secondary N) is 1. The molecule has 29 heavy (non-hydrogen) atoms. The van der Waals surface area contributed by atoms with Crippen molar-refractivity contribution in [3.63, 3.8) is 0 Å². The van der Waals surface area contributed by atoms with Crippen molar-refractivity contribution >= 4 is 17.6 Å². The maximum absolute atomic E-state index is 12.6. The lowest BCUT2D eigenvalue weighted by molar-refractivity contribution is -0.138. The number of anilines is 1. The number of para-hydroxylation sites is 1. The Balaban J connectivity index is 1.31. The predicted octanol–water partition coefficient (Wildman–Crippen LogP) is 3.56. The van der Waals surface area contributed by atoms with Gasteiger partial charge in [-0.25, -0.2) is 4.79 Å². The first-order chi connectivity index (χ1) is 14.1. The largest absolute Gasteiger partial charge is 0.342 e. The van der Waals surface area contributed by atoms with Crippen LogP contribution in [0.1, 0.15) is 31.2 Å². The number of hydrogen-bond acceptors (Lipinski definition) is 3. The molecule has 0 unspecified atom stereocenters. The molecular weight excluding hydrogens is 364 g/mol. The number of carbonyl (C=O) groups is 2. The van der Waals surface area contributed by atoms with E-state index >= 15 is 0 Å². The smallest absolute Gasteiger partial charge is 0.321 e. The van der Waals surface area contributed by atoms with Crippen molar-refractivity contribution in [1.82, 2.24) is 14.8 Å². The molecule has 3 amide bonds. The van der Waals surface area contributed by atoms with Crippen LogP contribution in [0.5, 0.6) is 0 Å². The molecule has 2 aliphatic rings. The molecule has 2 aliphatic heterocycles. The van der Waals surface area contributed by atoms with Gasteiger partial charge >= 0.3 is 6.03 Å². The van der Waals surface area contributed by atoms with E-state index < -0.39 is 0 Å². The van der Waals surface area contributed by atoms with Crippen LogP contribution in [0.25, 0.3) is 0 Å². The van der Waals surface area contributed by atoms with Gasteiger partial charge in [0.25, 0.3) is 0 Å². The van der Waals surface area contributed by atoms with Gasteiger partial charge in [-0.15, -0.1) is 0 Å². The highest BCUT2D eigenvalue weighted by Crippen LogP contribution is 2.40. The van der Waals surface area contributed by atoms with Crippen LogP contribution < -0.4 is 5.32 Å². The summed E-state index contributed by atoms with van der Waals surface area (Å²) >= 11 is 0. The normalized spacial score (nSPS) is 18.7. The second kappa shape index (κ2) is 8.64. The number of carbonyl (C=O) groups excluding carboxylic acids is 2. The molecule has 1 spiro atoms. The second-order valence-electron chi connectivity index (χ2n) is 8.20. The molecule has 0 radical (unpaired) electrons. The number of piperidine rings is 2. The number of urea groups is 1. The topological polar surface area (TPSA) is 65.5 Å². The molecule has 6 heteroatoms. The molecular formula is C23H28N4O2. The van der Waals surface area contributed by atoms with E-state index in [2.05, 4.69) is 10.3 Å². The van der Waals surface area contributed by atoms with Crippen LogP contribution in [-0.2, 0) is 11.2 Å². The molecule has 0 aliphatic carbocycles. The van der Waals surface area contributed by atoms with E-state index in [1.165, 1.54) is 5.56 Å².